The second-order valence-corrected chi connectivity index (χ2v) is 4.09. The van der Waals surface area contributed by atoms with Gasteiger partial charge >= 0.3 is 0 Å². The maximum atomic E-state index is 13.4. The predicted octanol–water partition coefficient (Wildman–Crippen LogP) is 3.17. The first-order valence-corrected chi connectivity index (χ1v) is 5.86. The number of aromatic nitrogens is 1. The molecular weight excluding hydrogens is 275 g/mol. The van der Waals surface area contributed by atoms with Crippen LogP contribution in [0, 0.1) is 22.1 Å². The average Bonchev–Trinajstić information content (AvgIpc) is 2.49. The molecule has 6 nitrogen and oxygen atoms in total. The summed E-state index contributed by atoms with van der Waals surface area (Å²) in [5.74, 6) is -0.919. The van der Waals surface area contributed by atoms with E-state index in [2.05, 4.69) is 10.2 Å². The normalized spacial score (nSPS) is 9.76. The number of rotatable bonds is 3. The Morgan fingerprint density at radius 3 is 2.76 bits per heavy atom. The summed E-state index contributed by atoms with van der Waals surface area (Å²) >= 11 is 0. The lowest BCUT2D eigenvalue weighted by Crippen LogP contribution is -2.23. The third kappa shape index (κ3) is 2.90. The molecule has 0 aliphatic rings. The van der Waals surface area contributed by atoms with Crippen LogP contribution in [0.4, 0.5) is 21.6 Å². The molecular formula is C14H9FN4O2. The first kappa shape index (κ1) is 14.3. The molecule has 0 unspecified atom stereocenters. The number of nitrogens with zero attached hydrogens (tertiary/aromatic N) is 4. The van der Waals surface area contributed by atoms with E-state index in [1.165, 1.54) is 37.4 Å². The number of nitriles is 1. The molecule has 0 aliphatic heterocycles. The molecule has 0 atom stereocenters. The molecule has 1 heterocycles. The summed E-state index contributed by atoms with van der Waals surface area (Å²) in [5, 5.41) is 11.6. The number of nitroso groups, excluding NO2 is 1. The number of hydrogen-bond acceptors (Lipinski definition) is 5. The second-order valence-electron chi connectivity index (χ2n) is 4.09. The van der Waals surface area contributed by atoms with Crippen molar-refractivity contribution in [1.82, 2.24) is 4.98 Å². The number of carbonyl (C=O) groups is 1. The van der Waals surface area contributed by atoms with Crippen molar-refractivity contribution in [2.75, 3.05) is 4.90 Å². The van der Waals surface area contributed by atoms with Crippen LogP contribution < -0.4 is 4.90 Å². The molecule has 0 aliphatic carbocycles. The Kier molecular flexibility index (Phi) is 4.00. The van der Waals surface area contributed by atoms with E-state index in [-0.39, 0.29) is 22.8 Å². The third-order valence-electron chi connectivity index (χ3n) is 2.71. The van der Waals surface area contributed by atoms with Crippen molar-refractivity contribution < 1.29 is 9.18 Å². The van der Waals surface area contributed by atoms with Gasteiger partial charge in [0.2, 0.25) is 5.91 Å². The first-order valence-electron chi connectivity index (χ1n) is 5.86. The molecule has 21 heavy (non-hydrogen) atoms. The fraction of sp³-hybridized carbons (Fsp3) is 0.0714. The highest BCUT2D eigenvalue weighted by molar-refractivity contribution is 5.98. The van der Waals surface area contributed by atoms with Gasteiger partial charge in [0, 0.05) is 19.2 Å². The Morgan fingerprint density at radius 1 is 1.38 bits per heavy atom. The Bertz CT molecular complexity index is 755. The predicted molar refractivity (Wildman–Crippen MR) is 73.6 cm³/mol. The smallest absolute Gasteiger partial charge is 0.229 e. The van der Waals surface area contributed by atoms with Gasteiger partial charge in [0.1, 0.15) is 23.4 Å². The fourth-order valence-corrected chi connectivity index (χ4v) is 1.80. The molecule has 1 aromatic heterocycles. The molecule has 0 saturated heterocycles. The zero-order valence-corrected chi connectivity index (χ0v) is 10.9. The van der Waals surface area contributed by atoms with Gasteiger partial charge in [0.05, 0.1) is 11.3 Å². The highest BCUT2D eigenvalue weighted by atomic mass is 19.1. The van der Waals surface area contributed by atoms with Gasteiger partial charge in [0.25, 0.3) is 0 Å². The van der Waals surface area contributed by atoms with E-state index >= 15 is 0 Å². The molecule has 1 amide bonds. The average molecular weight is 284 g/mol. The third-order valence-corrected chi connectivity index (χ3v) is 2.71. The van der Waals surface area contributed by atoms with Gasteiger partial charge in [-0.1, -0.05) is 0 Å². The SMILES string of the molecule is CC(=O)N(c1ccc(F)c(C#N)c1)c1cc(N=O)ccn1. The second kappa shape index (κ2) is 5.88. The lowest BCUT2D eigenvalue weighted by atomic mass is 10.2. The minimum absolute atomic E-state index is 0.105. The molecule has 0 N–H and O–H groups in total. The van der Waals surface area contributed by atoms with E-state index in [4.69, 9.17) is 5.26 Å². The standard InChI is InChI=1S/C14H9FN4O2/c1-9(20)19(14-7-11(18-21)4-5-17-14)12-2-3-13(15)10(6-12)8-16/h2-7H,1H3. The number of pyridine rings is 1. The maximum absolute atomic E-state index is 13.4. The summed E-state index contributed by atoms with van der Waals surface area (Å²) in [7, 11) is 0. The van der Waals surface area contributed by atoms with Crippen molar-refractivity contribution in [3.8, 4) is 6.07 Å². The summed E-state index contributed by atoms with van der Waals surface area (Å²) in [6, 6.07) is 8.09. The molecule has 0 fully saturated rings. The molecule has 0 spiro atoms. The zero-order chi connectivity index (χ0) is 15.4. The monoisotopic (exact) mass is 284 g/mol. The molecule has 1 aromatic carbocycles. The van der Waals surface area contributed by atoms with Crippen molar-refractivity contribution in [1.29, 1.82) is 5.26 Å². The highest BCUT2D eigenvalue weighted by Crippen LogP contribution is 2.28. The first-order chi connectivity index (χ1) is 10.1. The topological polar surface area (TPSA) is 86.4 Å². The Morgan fingerprint density at radius 2 is 2.14 bits per heavy atom. The van der Waals surface area contributed by atoms with Crippen molar-refractivity contribution in [3.05, 3.63) is 52.8 Å². The Hall–Kier alpha value is -3.14. The summed E-state index contributed by atoms with van der Waals surface area (Å²) in [5.41, 5.74) is 0.188. The van der Waals surface area contributed by atoms with Crippen LogP contribution in [-0.4, -0.2) is 10.9 Å². The van der Waals surface area contributed by atoms with Crippen LogP contribution in [0.1, 0.15) is 12.5 Å². The van der Waals surface area contributed by atoms with E-state index in [1.807, 2.05) is 0 Å². The summed E-state index contributed by atoms with van der Waals surface area (Å²) in [4.78, 5) is 27.5. The number of anilines is 2. The van der Waals surface area contributed by atoms with Crippen molar-refractivity contribution >= 4 is 23.1 Å². The number of amides is 1. The zero-order valence-electron chi connectivity index (χ0n) is 10.9. The summed E-state index contributed by atoms with van der Waals surface area (Å²) in [6.07, 6.45) is 1.33. The number of halogens is 1. The van der Waals surface area contributed by atoms with Crippen LogP contribution in [0.5, 0.6) is 0 Å². The number of benzene rings is 1. The maximum Gasteiger partial charge on any atom is 0.229 e. The minimum atomic E-state index is -0.680. The summed E-state index contributed by atoms with van der Waals surface area (Å²) in [6.45, 7) is 1.29. The molecule has 7 heteroatoms. The van der Waals surface area contributed by atoms with E-state index < -0.39 is 11.7 Å². The molecule has 0 radical (unpaired) electrons. The lowest BCUT2D eigenvalue weighted by Gasteiger charge is -2.20. The van der Waals surface area contributed by atoms with Crippen LogP contribution in [0.2, 0.25) is 0 Å². The van der Waals surface area contributed by atoms with E-state index in [9.17, 15) is 14.1 Å². The Labute approximate surface area is 119 Å². The molecule has 2 aromatic rings. The van der Waals surface area contributed by atoms with Crippen LogP contribution in [-0.2, 0) is 4.79 Å². The molecule has 2 rings (SSSR count). The van der Waals surface area contributed by atoms with Crippen molar-refractivity contribution in [2.45, 2.75) is 6.92 Å². The Balaban J connectivity index is 2.56. The van der Waals surface area contributed by atoms with E-state index in [0.29, 0.717) is 0 Å². The van der Waals surface area contributed by atoms with E-state index in [1.54, 1.807) is 6.07 Å². The van der Waals surface area contributed by atoms with Crippen LogP contribution in [0.3, 0.4) is 0 Å². The van der Waals surface area contributed by atoms with Gasteiger partial charge in [0.15, 0.2) is 0 Å². The number of carbonyl (C=O) groups excluding carboxylic acids is 1. The van der Waals surface area contributed by atoms with Gasteiger partial charge in [-0.25, -0.2) is 9.37 Å². The van der Waals surface area contributed by atoms with Crippen LogP contribution in [0.25, 0.3) is 0 Å². The highest BCUT2D eigenvalue weighted by Gasteiger charge is 2.17. The van der Waals surface area contributed by atoms with Crippen LogP contribution >= 0.6 is 0 Å². The van der Waals surface area contributed by atoms with Gasteiger partial charge in [-0.3, -0.25) is 9.69 Å². The lowest BCUT2D eigenvalue weighted by molar-refractivity contribution is -0.115. The van der Waals surface area contributed by atoms with Gasteiger partial charge in [-0.05, 0) is 29.4 Å². The van der Waals surface area contributed by atoms with Crippen molar-refractivity contribution in [2.24, 2.45) is 5.18 Å². The van der Waals surface area contributed by atoms with E-state index in [0.717, 1.165) is 11.0 Å². The summed E-state index contributed by atoms with van der Waals surface area (Å²) < 4.78 is 13.4. The largest absolute Gasteiger partial charge is 0.274 e. The van der Waals surface area contributed by atoms with Crippen molar-refractivity contribution in [3.63, 3.8) is 0 Å². The van der Waals surface area contributed by atoms with Gasteiger partial charge in [-0.15, -0.1) is 4.91 Å². The number of hydrogen-bond donors (Lipinski definition) is 0. The fourth-order valence-electron chi connectivity index (χ4n) is 1.80. The van der Waals surface area contributed by atoms with Gasteiger partial charge < -0.3 is 0 Å². The molecule has 0 bridgehead atoms. The quantitative estimate of drug-likeness (QED) is 0.810. The van der Waals surface area contributed by atoms with Gasteiger partial charge in [-0.2, -0.15) is 5.26 Å². The minimum Gasteiger partial charge on any atom is -0.274 e. The van der Waals surface area contributed by atoms with Crippen LogP contribution in [0.15, 0.2) is 41.7 Å². The molecule has 0 saturated carbocycles. The molecule has 104 valence electrons.